The molecular formula is C14H13N3O3S. The number of benzene rings is 1. The van der Waals surface area contributed by atoms with Crippen LogP contribution >= 0.6 is 0 Å². The van der Waals surface area contributed by atoms with Gasteiger partial charge in [-0.2, -0.15) is 5.26 Å². The van der Waals surface area contributed by atoms with E-state index < -0.39 is 15.7 Å². The van der Waals surface area contributed by atoms with Gasteiger partial charge in [0, 0.05) is 11.9 Å². The number of H-pyrrole nitrogens is 1. The summed E-state index contributed by atoms with van der Waals surface area (Å²) in [4.78, 5) is 14.5. The van der Waals surface area contributed by atoms with Crippen molar-refractivity contribution in [2.24, 2.45) is 0 Å². The second-order valence-electron chi connectivity index (χ2n) is 4.49. The van der Waals surface area contributed by atoms with Crippen LogP contribution < -0.4 is 5.32 Å². The molecule has 0 saturated heterocycles. The summed E-state index contributed by atoms with van der Waals surface area (Å²) in [6.45, 7) is 0. The summed E-state index contributed by atoms with van der Waals surface area (Å²) in [7, 11) is -3.37. The number of sulfone groups is 1. The third-order valence-electron chi connectivity index (χ3n) is 2.80. The van der Waals surface area contributed by atoms with Crippen LogP contribution in [0.4, 0.5) is 5.69 Å². The molecule has 0 atom stereocenters. The second-order valence-corrected chi connectivity index (χ2v) is 6.48. The molecule has 0 aliphatic carbocycles. The average Bonchev–Trinajstić information content (AvgIpc) is 2.91. The van der Waals surface area contributed by atoms with Crippen LogP contribution in [0.25, 0.3) is 0 Å². The highest BCUT2D eigenvalue weighted by atomic mass is 32.2. The first-order valence-corrected chi connectivity index (χ1v) is 7.95. The summed E-state index contributed by atoms with van der Waals surface area (Å²) in [5, 5.41) is 11.2. The van der Waals surface area contributed by atoms with Gasteiger partial charge in [0.15, 0.2) is 9.84 Å². The summed E-state index contributed by atoms with van der Waals surface area (Å²) < 4.78 is 22.7. The van der Waals surface area contributed by atoms with Crippen molar-refractivity contribution in [1.29, 1.82) is 5.26 Å². The van der Waals surface area contributed by atoms with Crippen LogP contribution in [-0.4, -0.2) is 25.6 Å². The Morgan fingerprint density at radius 3 is 2.43 bits per heavy atom. The van der Waals surface area contributed by atoms with Gasteiger partial charge in [-0.3, -0.25) is 4.79 Å². The number of nitrogens with zero attached hydrogens (tertiary/aromatic N) is 1. The van der Waals surface area contributed by atoms with Crippen molar-refractivity contribution in [2.75, 3.05) is 11.6 Å². The summed E-state index contributed by atoms with van der Waals surface area (Å²) in [5.41, 5.74) is 1.59. The summed E-state index contributed by atoms with van der Waals surface area (Å²) >= 11 is 0. The molecule has 21 heavy (non-hydrogen) atoms. The lowest BCUT2D eigenvalue weighted by molar-refractivity contribution is 0.102. The van der Waals surface area contributed by atoms with Crippen molar-refractivity contribution in [3.63, 3.8) is 0 Å². The van der Waals surface area contributed by atoms with E-state index in [9.17, 15) is 13.2 Å². The number of carbonyl (C=O) groups is 1. The normalized spacial score (nSPS) is 10.9. The van der Waals surface area contributed by atoms with Crippen molar-refractivity contribution in [3.8, 4) is 6.07 Å². The number of hydrogen-bond acceptors (Lipinski definition) is 4. The van der Waals surface area contributed by atoms with Crippen LogP contribution in [0.3, 0.4) is 0 Å². The molecule has 1 amide bonds. The molecule has 0 spiro atoms. The molecule has 1 aromatic carbocycles. The fourth-order valence-electron chi connectivity index (χ4n) is 1.72. The topological polar surface area (TPSA) is 103 Å². The number of nitriles is 1. The van der Waals surface area contributed by atoms with Crippen molar-refractivity contribution < 1.29 is 13.2 Å². The maximum Gasteiger partial charge on any atom is 0.272 e. The SMILES string of the molecule is CS(=O)(=O)c1ccc(C(=O)Nc2ccc(CC#N)cc2)[nH]1. The summed E-state index contributed by atoms with van der Waals surface area (Å²) in [5.74, 6) is -0.432. The number of rotatable bonds is 4. The second kappa shape index (κ2) is 5.81. The highest BCUT2D eigenvalue weighted by Gasteiger charge is 2.14. The molecule has 2 aromatic rings. The average molecular weight is 303 g/mol. The van der Waals surface area contributed by atoms with E-state index in [1.54, 1.807) is 24.3 Å². The molecule has 7 heteroatoms. The van der Waals surface area contributed by atoms with E-state index in [0.29, 0.717) is 12.1 Å². The minimum Gasteiger partial charge on any atom is -0.342 e. The molecule has 1 aromatic heterocycles. The smallest absolute Gasteiger partial charge is 0.272 e. The molecular weight excluding hydrogens is 290 g/mol. The molecule has 0 bridgehead atoms. The Balaban J connectivity index is 2.11. The van der Waals surface area contributed by atoms with Gasteiger partial charge in [0.2, 0.25) is 0 Å². The highest BCUT2D eigenvalue weighted by Crippen LogP contribution is 2.13. The van der Waals surface area contributed by atoms with Crippen LogP contribution in [0.2, 0.25) is 0 Å². The first-order chi connectivity index (χ1) is 9.90. The summed E-state index contributed by atoms with van der Waals surface area (Å²) in [6, 6.07) is 11.7. The van der Waals surface area contributed by atoms with Gasteiger partial charge in [-0.1, -0.05) is 12.1 Å². The third-order valence-corrected chi connectivity index (χ3v) is 3.84. The molecule has 0 unspecified atom stereocenters. The van der Waals surface area contributed by atoms with E-state index in [4.69, 9.17) is 5.26 Å². The quantitative estimate of drug-likeness (QED) is 0.897. The van der Waals surface area contributed by atoms with Gasteiger partial charge in [-0.05, 0) is 29.8 Å². The van der Waals surface area contributed by atoms with Gasteiger partial charge >= 0.3 is 0 Å². The van der Waals surface area contributed by atoms with E-state index in [0.717, 1.165) is 11.8 Å². The molecule has 2 rings (SSSR count). The van der Waals surface area contributed by atoms with Crippen molar-refractivity contribution in [1.82, 2.24) is 4.98 Å². The lowest BCUT2D eigenvalue weighted by Crippen LogP contribution is -2.12. The van der Waals surface area contributed by atoms with Crippen LogP contribution in [0.15, 0.2) is 41.4 Å². The maximum absolute atomic E-state index is 12.0. The van der Waals surface area contributed by atoms with Crippen LogP contribution in [-0.2, 0) is 16.3 Å². The maximum atomic E-state index is 12.0. The van der Waals surface area contributed by atoms with Gasteiger partial charge in [-0.15, -0.1) is 0 Å². The molecule has 0 radical (unpaired) electrons. The Morgan fingerprint density at radius 2 is 1.90 bits per heavy atom. The molecule has 108 valence electrons. The Labute approximate surface area is 122 Å². The molecule has 0 fully saturated rings. The van der Waals surface area contributed by atoms with E-state index >= 15 is 0 Å². The molecule has 0 saturated carbocycles. The van der Waals surface area contributed by atoms with Gasteiger partial charge < -0.3 is 10.3 Å². The molecule has 2 N–H and O–H groups in total. The van der Waals surface area contributed by atoms with Gasteiger partial charge in [0.05, 0.1) is 12.5 Å². The molecule has 1 heterocycles. The Hall–Kier alpha value is -2.59. The number of aromatic nitrogens is 1. The first-order valence-electron chi connectivity index (χ1n) is 6.06. The minimum atomic E-state index is -3.37. The predicted molar refractivity (Wildman–Crippen MR) is 77.6 cm³/mol. The fourth-order valence-corrected chi connectivity index (χ4v) is 2.33. The molecule has 6 nitrogen and oxygen atoms in total. The van der Waals surface area contributed by atoms with Gasteiger partial charge in [0.1, 0.15) is 10.7 Å². The zero-order chi connectivity index (χ0) is 15.5. The van der Waals surface area contributed by atoms with E-state index in [2.05, 4.69) is 10.3 Å². The third kappa shape index (κ3) is 3.70. The fraction of sp³-hybridized carbons (Fsp3) is 0.143. The number of aromatic amines is 1. The van der Waals surface area contributed by atoms with E-state index in [1.165, 1.54) is 12.1 Å². The van der Waals surface area contributed by atoms with E-state index in [1.807, 2.05) is 6.07 Å². The zero-order valence-corrected chi connectivity index (χ0v) is 12.1. The lowest BCUT2D eigenvalue weighted by atomic mass is 10.1. The predicted octanol–water partition coefficient (Wildman–Crippen LogP) is 1.74. The van der Waals surface area contributed by atoms with Gasteiger partial charge in [-0.25, -0.2) is 8.42 Å². The van der Waals surface area contributed by atoms with Crippen molar-refractivity contribution >= 4 is 21.4 Å². The molecule has 0 aliphatic rings. The van der Waals surface area contributed by atoms with E-state index in [-0.39, 0.29) is 10.7 Å². The highest BCUT2D eigenvalue weighted by molar-refractivity contribution is 7.90. The van der Waals surface area contributed by atoms with Crippen LogP contribution in [0.1, 0.15) is 16.1 Å². The summed E-state index contributed by atoms with van der Waals surface area (Å²) in [6.07, 6.45) is 1.37. The Morgan fingerprint density at radius 1 is 1.24 bits per heavy atom. The monoisotopic (exact) mass is 303 g/mol. The van der Waals surface area contributed by atoms with Crippen LogP contribution in [0, 0.1) is 11.3 Å². The largest absolute Gasteiger partial charge is 0.342 e. The number of hydrogen-bond donors (Lipinski definition) is 2. The number of carbonyl (C=O) groups excluding carboxylic acids is 1. The number of amides is 1. The van der Waals surface area contributed by atoms with Crippen molar-refractivity contribution in [2.45, 2.75) is 11.4 Å². The minimum absolute atomic E-state index is 0.00276. The number of anilines is 1. The zero-order valence-electron chi connectivity index (χ0n) is 11.3. The van der Waals surface area contributed by atoms with Crippen molar-refractivity contribution in [3.05, 3.63) is 47.7 Å². The lowest BCUT2D eigenvalue weighted by Gasteiger charge is -2.04. The van der Waals surface area contributed by atoms with Crippen LogP contribution in [0.5, 0.6) is 0 Å². The Bertz CT molecular complexity index is 799. The Kier molecular flexibility index (Phi) is 4.10. The first kappa shape index (κ1) is 14.8. The number of nitrogens with one attached hydrogen (secondary N) is 2. The van der Waals surface area contributed by atoms with Gasteiger partial charge in [0.25, 0.3) is 5.91 Å². The molecule has 0 aliphatic heterocycles. The standard InChI is InChI=1S/C14H13N3O3S/c1-21(19,20)13-7-6-12(17-13)14(18)16-11-4-2-10(3-5-11)8-9-15/h2-7,17H,8H2,1H3,(H,16,18).